The van der Waals surface area contributed by atoms with Crippen molar-refractivity contribution in [2.45, 2.75) is 24.9 Å². The van der Waals surface area contributed by atoms with E-state index in [4.69, 9.17) is 14.7 Å². The highest BCUT2D eigenvalue weighted by molar-refractivity contribution is 7.90. The number of carbonyl (C=O) groups is 1. The molecule has 0 saturated heterocycles. The topological polar surface area (TPSA) is 138 Å². The standard InChI is InChI=1S/C21H26F3N5O5S/c1-4-29(5-2)9-10-33-18(30)13-26-16(12-17(25)21(22,23)24)19-27-20(34-28-19)14-7-6-8-15(11-14)35(3,31)32/h6-8,11-12,25-26H,4-5,9-10,13H2,1-3H3/b16-12-,25-17?. The van der Waals surface area contributed by atoms with Crippen molar-refractivity contribution in [1.29, 1.82) is 5.41 Å². The predicted octanol–water partition coefficient (Wildman–Crippen LogP) is 2.54. The van der Waals surface area contributed by atoms with Crippen molar-refractivity contribution >= 4 is 27.2 Å². The van der Waals surface area contributed by atoms with Crippen LogP contribution in [0.1, 0.15) is 19.7 Å². The van der Waals surface area contributed by atoms with E-state index in [9.17, 15) is 26.4 Å². The Hall–Kier alpha value is -3.26. The highest BCUT2D eigenvalue weighted by Gasteiger charge is 2.33. The molecule has 0 spiro atoms. The lowest BCUT2D eigenvalue weighted by Gasteiger charge is -2.17. The van der Waals surface area contributed by atoms with Crippen molar-refractivity contribution in [2.24, 2.45) is 0 Å². The van der Waals surface area contributed by atoms with E-state index in [2.05, 4.69) is 15.5 Å². The van der Waals surface area contributed by atoms with Crippen LogP contribution in [0.3, 0.4) is 0 Å². The Morgan fingerprint density at radius 2 is 1.97 bits per heavy atom. The lowest BCUT2D eigenvalue weighted by molar-refractivity contribution is -0.142. The minimum Gasteiger partial charge on any atom is -0.463 e. The minimum absolute atomic E-state index is 0.0186. The molecule has 192 valence electrons. The minimum atomic E-state index is -4.95. The molecule has 0 radical (unpaired) electrons. The zero-order valence-corrected chi connectivity index (χ0v) is 20.2. The van der Waals surface area contributed by atoms with Gasteiger partial charge in [-0.3, -0.25) is 10.2 Å². The van der Waals surface area contributed by atoms with E-state index in [1.807, 2.05) is 18.7 Å². The first-order valence-electron chi connectivity index (χ1n) is 10.5. The van der Waals surface area contributed by atoms with Gasteiger partial charge in [0.2, 0.25) is 5.82 Å². The summed E-state index contributed by atoms with van der Waals surface area (Å²) in [6.07, 6.45) is -3.52. The Morgan fingerprint density at radius 3 is 2.57 bits per heavy atom. The summed E-state index contributed by atoms with van der Waals surface area (Å²) in [5, 5.41) is 13.3. The lowest BCUT2D eigenvalue weighted by Crippen LogP contribution is -2.30. The molecule has 1 heterocycles. The SMILES string of the molecule is CCN(CC)CCOC(=O)CN/C(=C\C(=N)C(F)(F)F)c1noc(-c2cccc(S(C)(=O)=O)c2)n1. The number of carbonyl (C=O) groups excluding carboxylic acids is 1. The molecule has 2 N–H and O–H groups in total. The number of esters is 1. The van der Waals surface area contributed by atoms with Crippen molar-refractivity contribution in [2.75, 3.05) is 39.0 Å². The second-order valence-electron chi connectivity index (χ2n) is 7.29. The Labute approximate surface area is 200 Å². The fraction of sp³-hybridized carbons (Fsp3) is 0.429. The van der Waals surface area contributed by atoms with E-state index in [0.29, 0.717) is 12.6 Å². The molecule has 0 saturated carbocycles. The number of aromatic nitrogens is 2. The van der Waals surface area contributed by atoms with Crippen molar-refractivity contribution < 1.29 is 35.6 Å². The Morgan fingerprint density at radius 1 is 1.29 bits per heavy atom. The maximum Gasteiger partial charge on any atom is 0.432 e. The Balaban J connectivity index is 2.22. The van der Waals surface area contributed by atoms with Crippen molar-refractivity contribution in [3.63, 3.8) is 0 Å². The number of sulfone groups is 1. The van der Waals surface area contributed by atoms with Gasteiger partial charge in [-0.05, 0) is 37.4 Å². The fourth-order valence-electron chi connectivity index (χ4n) is 2.78. The van der Waals surface area contributed by atoms with Gasteiger partial charge >= 0.3 is 12.1 Å². The Kier molecular flexibility index (Phi) is 9.54. The summed E-state index contributed by atoms with van der Waals surface area (Å²) in [6, 6.07) is 5.56. The largest absolute Gasteiger partial charge is 0.463 e. The first-order chi connectivity index (χ1) is 16.3. The molecule has 0 aliphatic rings. The van der Waals surface area contributed by atoms with Gasteiger partial charge in [-0.15, -0.1) is 0 Å². The van der Waals surface area contributed by atoms with Gasteiger partial charge in [0, 0.05) is 18.4 Å². The molecule has 0 fully saturated rings. The molecule has 0 unspecified atom stereocenters. The van der Waals surface area contributed by atoms with Crippen LogP contribution in [0.15, 0.2) is 39.8 Å². The normalized spacial score (nSPS) is 12.6. The summed E-state index contributed by atoms with van der Waals surface area (Å²) >= 11 is 0. The van der Waals surface area contributed by atoms with Crippen LogP contribution in [-0.4, -0.2) is 80.4 Å². The number of allylic oxidation sites excluding steroid dienone is 1. The molecule has 0 aliphatic carbocycles. The summed E-state index contributed by atoms with van der Waals surface area (Å²) in [7, 11) is -3.53. The number of halogens is 3. The summed E-state index contributed by atoms with van der Waals surface area (Å²) in [5.41, 5.74) is -1.89. The smallest absolute Gasteiger partial charge is 0.432 e. The maximum absolute atomic E-state index is 12.9. The Bertz CT molecular complexity index is 1170. The summed E-state index contributed by atoms with van der Waals surface area (Å²) in [6.45, 7) is 5.54. The van der Waals surface area contributed by atoms with E-state index in [1.165, 1.54) is 24.3 Å². The van der Waals surface area contributed by atoms with Crippen LogP contribution in [0.2, 0.25) is 0 Å². The molecule has 1 aromatic carbocycles. The molecule has 35 heavy (non-hydrogen) atoms. The summed E-state index contributed by atoms with van der Waals surface area (Å²) in [5.74, 6) is -1.26. The van der Waals surface area contributed by atoms with E-state index >= 15 is 0 Å². The van der Waals surface area contributed by atoms with Crippen LogP contribution in [0, 0.1) is 5.41 Å². The van der Waals surface area contributed by atoms with Gasteiger partial charge in [-0.1, -0.05) is 25.1 Å². The molecular weight excluding hydrogens is 491 g/mol. The van der Waals surface area contributed by atoms with E-state index in [0.717, 1.165) is 19.3 Å². The van der Waals surface area contributed by atoms with Crippen LogP contribution in [0.4, 0.5) is 13.2 Å². The summed E-state index contributed by atoms with van der Waals surface area (Å²) in [4.78, 5) is 18.1. The monoisotopic (exact) mass is 517 g/mol. The highest BCUT2D eigenvalue weighted by atomic mass is 32.2. The first-order valence-corrected chi connectivity index (χ1v) is 12.4. The lowest BCUT2D eigenvalue weighted by atomic mass is 10.2. The zero-order valence-electron chi connectivity index (χ0n) is 19.3. The predicted molar refractivity (Wildman–Crippen MR) is 121 cm³/mol. The first kappa shape index (κ1) is 28.0. The van der Waals surface area contributed by atoms with Gasteiger partial charge in [-0.25, -0.2) is 8.42 Å². The third-order valence-corrected chi connectivity index (χ3v) is 5.87. The maximum atomic E-state index is 12.9. The molecular formula is C21H26F3N5O5S. The molecule has 10 nitrogen and oxygen atoms in total. The van der Waals surface area contributed by atoms with Gasteiger partial charge < -0.3 is 19.5 Å². The molecule has 0 amide bonds. The number of hydrogen-bond donors (Lipinski definition) is 2. The zero-order chi connectivity index (χ0) is 26.2. The van der Waals surface area contributed by atoms with Gasteiger partial charge in [0.15, 0.2) is 9.84 Å². The third-order valence-electron chi connectivity index (χ3n) is 4.76. The molecule has 1 aromatic heterocycles. The van der Waals surface area contributed by atoms with Crippen molar-refractivity contribution in [1.82, 2.24) is 20.4 Å². The molecule has 0 atom stereocenters. The molecule has 2 rings (SSSR count). The number of nitrogens with zero attached hydrogens (tertiary/aromatic N) is 3. The van der Waals surface area contributed by atoms with E-state index < -0.39 is 39.9 Å². The fourth-order valence-corrected chi connectivity index (χ4v) is 3.44. The van der Waals surface area contributed by atoms with Gasteiger partial charge in [0.05, 0.1) is 10.6 Å². The molecule has 0 bridgehead atoms. The van der Waals surface area contributed by atoms with Gasteiger partial charge in [-0.2, -0.15) is 18.2 Å². The molecule has 14 heteroatoms. The third kappa shape index (κ3) is 8.47. The highest BCUT2D eigenvalue weighted by Crippen LogP contribution is 2.23. The quantitative estimate of drug-likeness (QED) is 0.321. The van der Waals surface area contributed by atoms with E-state index in [1.54, 1.807) is 0 Å². The molecule has 2 aromatic rings. The van der Waals surface area contributed by atoms with Crippen LogP contribution < -0.4 is 5.32 Å². The van der Waals surface area contributed by atoms with Crippen molar-refractivity contribution in [3.8, 4) is 11.5 Å². The second-order valence-corrected chi connectivity index (χ2v) is 9.31. The number of nitrogens with one attached hydrogen (secondary N) is 2. The average molecular weight is 518 g/mol. The molecule has 0 aliphatic heterocycles. The van der Waals surface area contributed by atoms with E-state index in [-0.39, 0.29) is 28.8 Å². The number of hydrogen-bond acceptors (Lipinski definition) is 10. The number of alkyl halides is 3. The van der Waals surface area contributed by atoms with Gasteiger partial charge in [0.25, 0.3) is 5.89 Å². The number of rotatable bonds is 12. The summed E-state index contributed by atoms with van der Waals surface area (Å²) < 4.78 is 72.6. The van der Waals surface area contributed by atoms with Crippen LogP contribution in [0.5, 0.6) is 0 Å². The number of benzene rings is 1. The second kappa shape index (κ2) is 11.9. The van der Waals surface area contributed by atoms with Crippen LogP contribution in [0.25, 0.3) is 17.2 Å². The number of likely N-dealkylation sites (N-methyl/N-ethyl adjacent to an activating group) is 1. The average Bonchev–Trinajstić information content (AvgIpc) is 3.28. The van der Waals surface area contributed by atoms with Gasteiger partial charge in [0.1, 0.15) is 18.9 Å². The van der Waals surface area contributed by atoms with Crippen LogP contribution in [-0.2, 0) is 19.4 Å². The van der Waals surface area contributed by atoms with Crippen molar-refractivity contribution in [3.05, 3.63) is 36.2 Å². The number of ether oxygens (including phenoxy) is 1. The van der Waals surface area contributed by atoms with Crippen LogP contribution >= 0.6 is 0 Å².